The number of carbonyl (C=O) groups is 1. The van der Waals surface area contributed by atoms with Crippen LogP contribution in [0.5, 0.6) is 0 Å². The third-order valence-electron chi connectivity index (χ3n) is 4.16. The number of rotatable bonds is 11. The second-order valence-corrected chi connectivity index (χ2v) is 11.5. The number of hydrogen-bond donors (Lipinski definition) is 1. The second kappa shape index (κ2) is 9.42. The van der Waals surface area contributed by atoms with E-state index in [0.29, 0.717) is 6.04 Å². The number of halogens is 13. The molecule has 0 aliphatic carbocycles. The maximum Gasteiger partial charge on any atom is 0.460 e. The second-order valence-electron chi connectivity index (χ2n) is 7.07. The van der Waals surface area contributed by atoms with Crippen molar-refractivity contribution in [3.63, 3.8) is 0 Å². The van der Waals surface area contributed by atoms with Gasteiger partial charge in [0.25, 0.3) is 0 Å². The molecule has 0 atom stereocenters. The molecule has 0 unspecified atom stereocenters. The van der Waals surface area contributed by atoms with Crippen molar-refractivity contribution in [1.29, 1.82) is 0 Å². The molecule has 0 spiro atoms. The van der Waals surface area contributed by atoms with E-state index in [0.717, 1.165) is 0 Å². The largest absolute Gasteiger partial charge is 0.460 e. The van der Waals surface area contributed by atoms with Crippen molar-refractivity contribution < 1.29 is 71.0 Å². The highest BCUT2D eigenvalue weighted by Gasteiger charge is 2.90. The van der Waals surface area contributed by atoms with Crippen LogP contribution in [0.4, 0.5) is 61.9 Å². The van der Waals surface area contributed by atoms with Gasteiger partial charge in [0, 0.05) is 13.7 Å². The molecule has 4 nitrogen and oxygen atoms in total. The van der Waals surface area contributed by atoms with E-state index in [4.69, 9.17) is 4.43 Å². The van der Waals surface area contributed by atoms with Gasteiger partial charge < -0.3 is 14.5 Å². The van der Waals surface area contributed by atoms with Gasteiger partial charge >= 0.3 is 41.9 Å². The highest BCUT2D eigenvalue weighted by atomic mass is 28.4. The zero-order chi connectivity index (χ0) is 26.0. The van der Waals surface area contributed by atoms with Crippen molar-refractivity contribution >= 4 is 14.4 Å². The fourth-order valence-electron chi connectivity index (χ4n) is 1.91. The Kier molecular flexibility index (Phi) is 8.99. The molecule has 0 aliphatic rings. The smallest absolute Gasteiger partial charge is 0.443 e. The fraction of sp³-hybridized carbons (Fsp3) is 0.929. The molecule has 0 saturated heterocycles. The number of alkyl halides is 13. The molecule has 0 radical (unpaired) electrons. The van der Waals surface area contributed by atoms with Gasteiger partial charge in [-0.25, -0.2) is 4.79 Å². The van der Waals surface area contributed by atoms with Gasteiger partial charge in [-0.15, -0.1) is 0 Å². The lowest BCUT2D eigenvalue weighted by Gasteiger charge is -2.39. The molecule has 0 heterocycles. The summed E-state index contributed by atoms with van der Waals surface area (Å²) in [6, 6.07) is 0.409. The Morgan fingerprint density at radius 3 is 1.62 bits per heavy atom. The molecule has 0 aromatic rings. The first-order chi connectivity index (χ1) is 13.9. The number of carbonyl (C=O) groups excluding carboxylic acids is 1. The van der Waals surface area contributed by atoms with Crippen LogP contribution in [0.3, 0.4) is 0 Å². The molecule has 32 heavy (non-hydrogen) atoms. The molecule has 0 fully saturated rings. The minimum atomic E-state index is -7.99. The summed E-state index contributed by atoms with van der Waals surface area (Å²) in [4.78, 5) is 11.2. The molecule has 0 aromatic heterocycles. The third-order valence-corrected chi connectivity index (χ3v) is 6.82. The molecule has 192 valence electrons. The van der Waals surface area contributed by atoms with Crippen molar-refractivity contribution in [1.82, 2.24) is 5.32 Å². The Balaban J connectivity index is 5.34. The SMILES string of the molecule is CO[Si](C)(C)CCCNC(=O)OCC(F)(F)C(F)(F)C(F)(F)C(F)(F)C(F)(F)C(F)(F)F. The molecule has 0 rings (SSSR count). The quantitative estimate of drug-likeness (QED) is 0.215. The van der Waals surface area contributed by atoms with Crippen LogP contribution in [0.1, 0.15) is 6.42 Å². The lowest BCUT2D eigenvalue weighted by atomic mass is 9.94. The normalized spacial score (nSPS) is 15.0. The average molecular weight is 523 g/mol. The van der Waals surface area contributed by atoms with Crippen molar-refractivity contribution in [3.05, 3.63) is 0 Å². The summed E-state index contributed by atoms with van der Waals surface area (Å²) in [6.07, 6.45) is -9.21. The maximum absolute atomic E-state index is 13.5. The standard InChI is InChI=1S/C14H18F13NO3Si/c1-30-32(2,3)6-4-5-28-8(29)31-7-9(15,16)10(17,18)11(19,20)12(21,22)13(23,24)14(25,26)27/h4-7H2,1-3H3,(H,28,29). The predicted octanol–water partition coefficient (Wildman–Crippen LogP) is 5.69. The summed E-state index contributed by atoms with van der Waals surface area (Å²) in [5.41, 5.74) is 0. The number of nitrogens with one attached hydrogen (secondary N) is 1. The van der Waals surface area contributed by atoms with E-state index in [1.54, 1.807) is 18.4 Å². The summed E-state index contributed by atoms with van der Waals surface area (Å²) >= 11 is 0. The van der Waals surface area contributed by atoms with E-state index in [-0.39, 0.29) is 13.0 Å². The number of alkyl carbamates (subject to hydrolysis) is 1. The minimum Gasteiger partial charge on any atom is -0.443 e. The monoisotopic (exact) mass is 523 g/mol. The van der Waals surface area contributed by atoms with Crippen molar-refractivity contribution in [3.8, 4) is 0 Å². The fourth-order valence-corrected chi connectivity index (χ4v) is 3.14. The third kappa shape index (κ3) is 5.90. The highest BCUT2D eigenvalue weighted by molar-refractivity contribution is 6.71. The molecule has 0 aliphatic heterocycles. The van der Waals surface area contributed by atoms with Crippen molar-refractivity contribution in [2.75, 3.05) is 20.3 Å². The summed E-state index contributed by atoms with van der Waals surface area (Å²) < 4.78 is 176. The number of ether oxygens (including phenoxy) is 1. The van der Waals surface area contributed by atoms with Crippen LogP contribution in [-0.2, 0) is 9.16 Å². The zero-order valence-electron chi connectivity index (χ0n) is 16.5. The van der Waals surface area contributed by atoms with E-state index in [1.807, 2.05) is 0 Å². The minimum absolute atomic E-state index is 0.172. The molecule has 0 saturated carbocycles. The van der Waals surface area contributed by atoms with Crippen molar-refractivity contribution in [2.45, 2.75) is 61.3 Å². The van der Waals surface area contributed by atoms with E-state index in [2.05, 4.69) is 4.74 Å². The summed E-state index contributed by atoms with van der Waals surface area (Å²) in [5, 5.41) is 1.74. The van der Waals surface area contributed by atoms with Crippen LogP contribution < -0.4 is 5.32 Å². The van der Waals surface area contributed by atoms with Gasteiger partial charge in [0.05, 0.1) is 0 Å². The van der Waals surface area contributed by atoms with Crippen LogP contribution >= 0.6 is 0 Å². The van der Waals surface area contributed by atoms with E-state index < -0.39 is 56.8 Å². The first kappa shape index (κ1) is 30.5. The average Bonchev–Trinajstić information content (AvgIpc) is 2.62. The van der Waals surface area contributed by atoms with Crippen molar-refractivity contribution in [2.24, 2.45) is 0 Å². The van der Waals surface area contributed by atoms with Crippen LogP contribution in [0.2, 0.25) is 19.1 Å². The molecular weight excluding hydrogens is 505 g/mol. The first-order valence-corrected chi connectivity index (χ1v) is 11.4. The Bertz CT molecular complexity index is 652. The first-order valence-electron chi connectivity index (χ1n) is 8.33. The Hall–Kier alpha value is -1.46. The molecule has 1 amide bonds. The molecular formula is C14H18F13NO3Si. The van der Waals surface area contributed by atoms with E-state index in [1.165, 1.54) is 7.11 Å². The van der Waals surface area contributed by atoms with E-state index >= 15 is 0 Å². The van der Waals surface area contributed by atoms with Gasteiger partial charge in [-0.2, -0.15) is 57.1 Å². The van der Waals surface area contributed by atoms with Crippen LogP contribution in [0.15, 0.2) is 0 Å². The molecule has 0 aromatic carbocycles. The van der Waals surface area contributed by atoms with Gasteiger partial charge in [-0.3, -0.25) is 0 Å². The Labute approximate surface area is 173 Å². The molecule has 18 heteroatoms. The molecule has 0 bridgehead atoms. The summed E-state index contributed by atoms with van der Waals surface area (Å²) in [6.45, 7) is 0.179. The Morgan fingerprint density at radius 2 is 1.22 bits per heavy atom. The van der Waals surface area contributed by atoms with Gasteiger partial charge in [0.15, 0.2) is 14.9 Å². The lowest BCUT2D eigenvalue weighted by molar-refractivity contribution is -0.440. The van der Waals surface area contributed by atoms with Gasteiger partial charge in [-0.05, 0) is 25.6 Å². The zero-order valence-corrected chi connectivity index (χ0v) is 17.5. The van der Waals surface area contributed by atoms with Gasteiger partial charge in [0.2, 0.25) is 0 Å². The highest BCUT2D eigenvalue weighted by Crippen LogP contribution is 2.60. The van der Waals surface area contributed by atoms with Crippen LogP contribution in [0.25, 0.3) is 0 Å². The van der Waals surface area contributed by atoms with Crippen LogP contribution in [-0.4, -0.2) is 70.5 Å². The summed E-state index contributed by atoms with van der Waals surface area (Å²) in [7, 11) is -0.695. The van der Waals surface area contributed by atoms with Gasteiger partial charge in [0.1, 0.15) is 0 Å². The predicted molar refractivity (Wildman–Crippen MR) is 84.1 cm³/mol. The van der Waals surface area contributed by atoms with Gasteiger partial charge in [-0.1, -0.05) is 0 Å². The molecule has 1 N–H and O–H groups in total. The maximum atomic E-state index is 13.5. The number of hydrogen-bond acceptors (Lipinski definition) is 3. The lowest BCUT2D eigenvalue weighted by Crippen LogP contribution is -2.70. The van der Waals surface area contributed by atoms with E-state index in [9.17, 15) is 61.9 Å². The Morgan fingerprint density at radius 1 is 0.781 bits per heavy atom. The number of amides is 1. The summed E-state index contributed by atoms with van der Waals surface area (Å²) in [5.74, 6) is -37.7. The topological polar surface area (TPSA) is 47.6 Å². The van der Waals surface area contributed by atoms with Crippen LogP contribution in [0, 0.1) is 0 Å².